The number of halogens is 1. The molecule has 3 rings (SSSR count). The Morgan fingerprint density at radius 2 is 1.70 bits per heavy atom. The maximum absolute atomic E-state index is 12.6. The number of piperidine rings is 1. The van der Waals surface area contributed by atoms with Crippen molar-refractivity contribution in [3.63, 3.8) is 0 Å². The Labute approximate surface area is 186 Å². The third-order valence-electron chi connectivity index (χ3n) is 5.69. The highest BCUT2D eigenvalue weighted by atomic mass is 35.5. The van der Waals surface area contributed by atoms with Gasteiger partial charge in [0.15, 0.2) is 11.5 Å². The van der Waals surface area contributed by atoms with Crippen molar-refractivity contribution in [2.45, 2.75) is 38.6 Å². The van der Waals surface area contributed by atoms with Crippen LogP contribution in [-0.2, 0) is 11.2 Å². The average Bonchev–Trinajstić information content (AvgIpc) is 2.79. The van der Waals surface area contributed by atoms with Crippen LogP contribution in [0.4, 0.5) is 5.69 Å². The van der Waals surface area contributed by atoms with Gasteiger partial charge in [-0.05, 0) is 49.1 Å². The van der Waals surface area contributed by atoms with E-state index >= 15 is 0 Å². The minimum atomic E-state index is 0. The molecule has 1 aliphatic heterocycles. The second kappa shape index (κ2) is 11.8. The molecule has 0 N–H and O–H groups in total. The molecule has 30 heavy (non-hydrogen) atoms. The van der Waals surface area contributed by atoms with Gasteiger partial charge in [0.1, 0.15) is 0 Å². The van der Waals surface area contributed by atoms with Gasteiger partial charge in [0.05, 0.1) is 14.2 Å². The Morgan fingerprint density at radius 3 is 2.30 bits per heavy atom. The molecular weight excluding hydrogens is 400 g/mol. The minimum Gasteiger partial charge on any atom is -0.493 e. The molecule has 0 bridgehead atoms. The monoisotopic (exact) mass is 432 g/mol. The second-order valence-corrected chi connectivity index (χ2v) is 7.46. The van der Waals surface area contributed by atoms with Crippen LogP contribution in [0.3, 0.4) is 0 Å². The molecule has 1 amide bonds. The van der Waals surface area contributed by atoms with Crippen molar-refractivity contribution < 1.29 is 14.3 Å². The van der Waals surface area contributed by atoms with E-state index in [1.54, 1.807) is 14.2 Å². The first-order valence-electron chi connectivity index (χ1n) is 10.5. The second-order valence-electron chi connectivity index (χ2n) is 7.46. The Kier molecular flexibility index (Phi) is 9.47. The third-order valence-corrected chi connectivity index (χ3v) is 5.69. The van der Waals surface area contributed by atoms with E-state index in [2.05, 4.69) is 17.0 Å². The number of carbonyl (C=O) groups excluding carboxylic acids is 1. The van der Waals surface area contributed by atoms with Crippen LogP contribution in [0, 0.1) is 0 Å². The van der Waals surface area contributed by atoms with Crippen molar-refractivity contribution in [3.05, 3.63) is 54.1 Å². The van der Waals surface area contributed by atoms with E-state index in [9.17, 15) is 4.79 Å². The largest absolute Gasteiger partial charge is 0.493 e. The van der Waals surface area contributed by atoms with Gasteiger partial charge in [0.2, 0.25) is 5.91 Å². The SMILES string of the molecule is CCC(=O)N(c1ccccc1)C1CCN(CCc2ccc(OC)c(OC)c2)CC1.Cl. The van der Waals surface area contributed by atoms with Gasteiger partial charge in [-0.3, -0.25) is 4.79 Å². The first kappa shape index (κ1) is 24.0. The molecule has 1 saturated heterocycles. The van der Waals surface area contributed by atoms with Gasteiger partial charge in [0.25, 0.3) is 0 Å². The molecule has 2 aromatic rings. The first-order chi connectivity index (χ1) is 14.2. The van der Waals surface area contributed by atoms with E-state index in [4.69, 9.17) is 9.47 Å². The number of likely N-dealkylation sites (tertiary alicyclic amines) is 1. The fraction of sp³-hybridized carbons (Fsp3) is 0.458. The summed E-state index contributed by atoms with van der Waals surface area (Å²) >= 11 is 0. The molecular formula is C24H33ClN2O3. The molecule has 0 saturated carbocycles. The molecule has 0 aliphatic carbocycles. The summed E-state index contributed by atoms with van der Waals surface area (Å²) in [7, 11) is 3.33. The van der Waals surface area contributed by atoms with Crippen LogP contribution in [0.1, 0.15) is 31.7 Å². The molecule has 0 unspecified atom stereocenters. The maximum atomic E-state index is 12.6. The van der Waals surface area contributed by atoms with Crippen molar-refractivity contribution in [2.24, 2.45) is 0 Å². The van der Waals surface area contributed by atoms with E-state index in [0.29, 0.717) is 6.42 Å². The lowest BCUT2D eigenvalue weighted by molar-refractivity contribution is -0.119. The maximum Gasteiger partial charge on any atom is 0.226 e. The normalized spacial score (nSPS) is 14.6. The van der Waals surface area contributed by atoms with Gasteiger partial charge in [-0.25, -0.2) is 0 Å². The van der Waals surface area contributed by atoms with Gasteiger partial charge in [0, 0.05) is 37.8 Å². The van der Waals surface area contributed by atoms with Crippen LogP contribution in [0.2, 0.25) is 0 Å². The number of hydrogen-bond donors (Lipinski definition) is 0. The van der Waals surface area contributed by atoms with Crippen molar-refractivity contribution in [3.8, 4) is 11.5 Å². The van der Waals surface area contributed by atoms with Crippen LogP contribution in [0.5, 0.6) is 11.5 Å². The van der Waals surface area contributed by atoms with E-state index in [0.717, 1.165) is 56.1 Å². The summed E-state index contributed by atoms with van der Waals surface area (Å²) in [6.07, 6.45) is 3.52. The predicted octanol–water partition coefficient (Wildman–Crippen LogP) is 4.58. The number of amides is 1. The van der Waals surface area contributed by atoms with Gasteiger partial charge >= 0.3 is 0 Å². The zero-order chi connectivity index (χ0) is 20.6. The molecule has 0 spiro atoms. The molecule has 5 nitrogen and oxygen atoms in total. The number of rotatable bonds is 8. The van der Waals surface area contributed by atoms with E-state index in [1.165, 1.54) is 5.56 Å². The van der Waals surface area contributed by atoms with E-state index in [-0.39, 0.29) is 24.4 Å². The lowest BCUT2D eigenvalue weighted by Gasteiger charge is -2.38. The molecule has 0 aromatic heterocycles. The van der Waals surface area contributed by atoms with Crippen molar-refractivity contribution in [1.82, 2.24) is 4.90 Å². The molecule has 1 heterocycles. The summed E-state index contributed by atoms with van der Waals surface area (Å²) in [5.41, 5.74) is 2.26. The van der Waals surface area contributed by atoms with Crippen LogP contribution in [0.15, 0.2) is 48.5 Å². The summed E-state index contributed by atoms with van der Waals surface area (Å²) in [5.74, 6) is 1.75. The Balaban J connectivity index is 0.00000320. The summed E-state index contributed by atoms with van der Waals surface area (Å²) in [5, 5.41) is 0. The zero-order valence-corrected chi connectivity index (χ0v) is 19.0. The van der Waals surface area contributed by atoms with Crippen molar-refractivity contribution >= 4 is 24.0 Å². The highest BCUT2D eigenvalue weighted by Crippen LogP contribution is 2.28. The number of anilines is 1. The standard InChI is InChI=1S/C24H32N2O3.ClH/c1-4-24(27)26(20-8-6-5-7-9-20)21-13-16-25(17-14-21)15-12-19-10-11-22(28-2)23(18-19)29-3;/h5-11,18,21H,4,12-17H2,1-3H3;1H. The topological polar surface area (TPSA) is 42.0 Å². The molecule has 164 valence electrons. The highest BCUT2D eigenvalue weighted by molar-refractivity contribution is 5.93. The van der Waals surface area contributed by atoms with Crippen LogP contribution < -0.4 is 14.4 Å². The van der Waals surface area contributed by atoms with Crippen LogP contribution >= 0.6 is 12.4 Å². The zero-order valence-electron chi connectivity index (χ0n) is 18.2. The van der Waals surface area contributed by atoms with Crippen molar-refractivity contribution in [1.29, 1.82) is 0 Å². The molecule has 1 fully saturated rings. The highest BCUT2D eigenvalue weighted by Gasteiger charge is 2.28. The quantitative estimate of drug-likeness (QED) is 0.612. The van der Waals surface area contributed by atoms with Crippen LogP contribution in [0.25, 0.3) is 0 Å². The van der Waals surface area contributed by atoms with Gasteiger partial charge in [-0.2, -0.15) is 0 Å². The summed E-state index contributed by atoms with van der Waals surface area (Å²) < 4.78 is 10.7. The lowest BCUT2D eigenvalue weighted by Crippen LogP contribution is -2.47. The van der Waals surface area contributed by atoms with Crippen molar-refractivity contribution in [2.75, 3.05) is 38.8 Å². The fourth-order valence-corrected chi connectivity index (χ4v) is 4.04. The average molecular weight is 433 g/mol. The Bertz CT molecular complexity index is 792. The summed E-state index contributed by atoms with van der Waals surface area (Å²) in [6.45, 7) is 4.97. The lowest BCUT2D eigenvalue weighted by atomic mass is 10.0. The minimum absolute atomic E-state index is 0. The Morgan fingerprint density at radius 1 is 1.03 bits per heavy atom. The summed E-state index contributed by atoms with van der Waals surface area (Å²) in [4.78, 5) is 17.1. The van der Waals surface area contributed by atoms with Crippen LogP contribution in [-0.4, -0.2) is 50.7 Å². The van der Waals surface area contributed by atoms with Gasteiger partial charge < -0.3 is 19.3 Å². The molecule has 0 radical (unpaired) electrons. The molecule has 2 aromatic carbocycles. The fourth-order valence-electron chi connectivity index (χ4n) is 4.04. The number of methoxy groups -OCH3 is 2. The third kappa shape index (κ3) is 5.89. The number of ether oxygens (including phenoxy) is 2. The van der Waals surface area contributed by atoms with Gasteiger partial charge in [-0.1, -0.05) is 31.2 Å². The number of hydrogen-bond acceptors (Lipinski definition) is 4. The Hall–Kier alpha value is -2.24. The molecule has 6 heteroatoms. The smallest absolute Gasteiger partial charge is 0.226 e. The van der Waals surface area contributed by atoms with Gasteiger partial charge in [-0.15, -0.1) is 12.4 Å². The molecule has 1 aliphatic rings. The number of para-hydroxylation sites is 1. The predicted molar refractivity (Wildman–Crippen MR) is 124 cm³/mol. The number of carbonyl (C=O) groups is 1. The van der Waals surface area contributed by atoms with E-state index in [1.807, 2.05) is 48.2 Å². The number of nitrogens with zero attached hydrogens (tertiary/aromatic N) is 2. The first-order valence-corrected chi connectivity index (χ1v) is 10.5. The van der Waals surface area contributed by atoms with E-state index < -0.39 is 0 Å². The number of benzene rings is 2. The summed E-state index contributed by atoms with van der Waals surface area (Å²) in [6, 6.07) is 16.5. The molecule has 0 atom stereocenters.